The summed E-state index contributed by atoms with van der Waals surface area (Å²) in [5.41, 5.74) is 6.41. The molecule has 0 aliphatic carbocycles. The number of anilines is 1. The van der Waals surface area contributed by atoms with E-state index >= 15 is 0 Å². The number of amides is 1. The van der Waals surface area contributed by atoms with Crippen molar-refractivity contribution in [3.8, 4) is 0 Å². The Morgan fingerprint density at radius 2 is 1.50 bits per heavy atom. The maximum absolute atomic E-state index is 13.1. The number of carbonyl (C=O) groups is 1. The fourth-order valence-electron chi connectivity index (χ4n) is 3.65. The highest BCUT2D eigenvalue weighted by Crippen LogP contribution is 2.36. The molecule has 0 saturated carbocycles. The monoisotopic (exact) mass is 342 g/mol. The number of para-hydroxylation sites is 1. The minimum atomic E-state index is -0.168. The second kappa shape index (κ2) is 6.68. The second-order valence-corrected chi connectivity index (χ2v) is 6.82. The van der Waals surface area contributed by atoms with Crippen LogP contribution in [0, 0.1) is 13.8 Å². The Morgan fingerprint density at radius 1 is 0.846 bits per heavy atom. The van der Waals surface area contributed by atoms with Gasteiger partial charge in [0.15, 0.2) is 0 Å². The van der Waals surface area contributed by atoms with Gasteiger partial charge in [0, 0.05) is 23.4 Å². The first-order valence-corrected chi connectivity index (χ1v) is 8.92. The van der Waals surface area contributed by atoms with Crippen LogP contribution in [0.1, 0.15) is 38.8 Å². The van der Waals surface area contributed by atoms with Gasteiger partial charge in [0.25, 0.3) is 5.91 Å². The molecule has 4 rings (SSSR count). The summed E-state index contributed by atoms with van der Waals surface area (Å²) in [6, 6.07) is 24.3. The maximum Gasteiger partial charge on any atom is 0.256 e. The maximum atomic E-state index is 13.1. The van der Waals surface area contributed by atoms with Gasteiger partial charge in [0.2, 0.25) is 0 Å². The fourth-order valence-corrected chi connectivity index (χ4v) is 3.65. The normalized spacial score (nSPS) is 15.8. The van der Waals surface area contributed by atoms with E-state index in [0.717, 1.165) is 22.4 Å². The van der Waals surface area contributed by atoms with Crippen LogP contribution >= 0.6 is 0 Å². The first kappa shape index (κ1) is 16.4. The lowest BCUT2D eigenvalue weighted by atomic mass is 10.1. The SMILES string of the molecule is Cc1cccc(C)c1NC1c2ccccc2C(=O)N1Cc1ccccc1. The highest BCUT2D eigenvalue weighted by atomic mass is 16.2. The van der Waals surface area contributed by atoms with Crippen molar-refractivity contribution in [2.45, 2.75) is 26.6 Å². The molecule has 1 unspecified atom stereocenters. The number of nitrogens with one attached hydrogen (secondary N) is 1. The third kappa shape index (κ3) is 2.86. The smallest absolute Gasteiger partial charge is 0.256 e. The van der Waals surface area contributed by atoms with E-state index in [1.807, 2.05) is 47.4 Å². The number of nitrogens with zero attached hydrogens (tertiary/aromatic N) is 1. The minimum absolute atomic E-state index is 0.0770. The third-order valence-corrected chi connectivity index (χ3v) is 5.02. The number of rotatable bonds is 4. The number of carbonyl (C=O) groups excluding carboxylic acids is 1. The van der Waals surface area contributed by atoms with Crippen LogP contribution in [0.2, 0.25) is 0 Å². The molecular formula is C23H22N2O. The Hall–Kier alpha value is -3.07. The van der Waals surface area contributed by atoms with Crippen LogP contribution in [0.3, 0.4) is 0 Å². The Balaban J connectivity index is 1.74. The van der Waals surface area contributed by atoms with E-state index < -0.39 is 0 Å². The van der Waals surface area contributed by atoms with Crippen LogP contribution < -0.4 is 5.32 Å². The topological polar surface area (TPSA) is 32.3 Å². The van der Waals surface area contributed by atoms with Crippen molar-refractivity contribution < 1.29 is 4.79 Å². The highest BCUT2D eigenvalue weighted by Gasteiger charge is 2.36. The Bertz CT molecular complexity index is 929. The van der Waals surface area contributed by atoms with Gasteiger partial charge in [0.05, 0.1) is 0 Å². The molecule has 0 radical (unpaired) electrons. The van der Waals surface area contributed by atoms with Crippen LogP contribution in [0.15, 0.2) is 72.8 Å². The molecule has 1 heterocycles. The summed E-state index contributed by atoms with van der Waals surface area (Å²) in [4.78, 5) is 15.0. The van der Waals surface area contributed by atoms with Crippen LogP contribution in [-0.4, -0.2) is 10.8 Å². The second-order valence-electron chi connectivity index (χ2n) is 6.82. The lowest BCUT2D eigenvalue weighted by molar-refractivity contribution is 0.0728. The summed E-state index contributed by atoms with van der Waals surface area (Å²) in [6.45, 7) is 4.77. The van der Waals surface area contributed by atoms with Gasteiger partial charge in [-0.05, 0) is 36.6 Å². The number of aryl methyl sites for hydroxylation is 2. The van der Waals surface area contributed by atoms with Gasteiger partial charge in [-0.1, -0.05) is 66.7 Å². The molecular weight excluding hydrogens is 320 g/mol. The van der Waals surface area contributed by atoms with Crippen LogP contribution in [0.4, 0.5) is 5.69 Å². The van der Waals surface area contributed by atoms with Crippen molar-refractivity contribution in [1.82, 2.24) is 4.90 Å². The predicted molar refractivity (Wildman–Crippen MR) is 105 cm³/mol. The van der Waals surface area contributed by atoms with Crippen LogP contribution in [-0.2, 0) is 6.54 Å². The van der Waals surface area contributed by atoms with Crippen molar-refractivity contribution in [2.24, 2.45) is 0 Å². The molecule has 0 spiro atoms. The molecule has 3 aromatic rings. The molecule has 130 valence electrons. The average Bonchev–Trinajstić information content (AvgIpc) is 2.91. The summed E-state index contributed by atoms with van der Waals surface area (Å²) >= 11 is 0. The Labute approximate surface area is 154 Å². The molecule has 3 heteroatoms. The summed E-state index contributed by atoms with van der Waals surface area (Å²) in [5, 5.41) is 3.64. The molecule has 3 aromatic carbocycles. The van der Waals surface area contributed by atoms with Crippen molar-refractivity contribution in [1.29, 1.82) is 0 Å². The summed E-state index contributed by atoms with van der Waals surface area (Å²) < 4.78 is 0. The standard InChI is InChI=1S/C23H22N2O/c1-16-9-8-10-17(2)21(16)24-22-19-13-6-7-14-20(19)23(26)25(22)15-18-11-4-3-5-12-18/h3-14,22,24H,15H2,1-2H3. The van der Waals surface area contributed by atoms with Gasteiger partial charge >= 0.3 is 0 Å². The molecule has 1 atom stereocenters. The number of hydrogen-bond acceptors (Lipinski definition) is 2. The molecule has 0 bridgehead atoms. The third-order valence-electron chi connectivity index (χ3n) is 5.02. The van der Waals surface area contributed by atoms with E-state index in [9.17, 15) is 4.79 Å². The largest absolute Gasteiger partial charge is 0.361 e. The predicted octanol–water partition coefficient (Wildman–Crippen LogP) is 5.07. The van der Waals surface area contributed by atoms with Crippen molar-refractivity contribution in [3.05, 3.63) is 101 Å². The van der Waals surface area contributed by atoms with E-state index in [-0.39, 0.29) is 12.1 Å². The first-order valence-electron chi connectivity index (χ1n) is 8.92. The van der Waals surface area contributed by atoms with E-state index in [1.54, 1.807) is 0 Å². The zero-order chi connectivity index (χ0) is 18.1. The van der Waals surface area contributed by atoms with Gasteiger partial charge in [-0.3, -0.25) is 4.79 Å². The quantitative estimate of drug-likeness (QED) is 0.718. The number of fused-ring (bicyclic) bond motifs is 1. The Kier molecular flexibility index (Phi) is 4.21. The average molecular weight is 342 g/mol. The molecule has 1 N–H and O–H groups in total. The van der Waals surface area contributed by atoms with Gasteiger partial charge in [0.1, 0.15) is 6.17 Å². The van der Waals surface area contributed by atoms with E-state index in [4.69, 9.17) is 0 Å². The fraction of sp³-hybridized carbons (Fsp3) is 0.174. The highest BCUT2D eigenvalue weighted by molar-refractivity contribution is 5.99. The zero-order valence-corrected chi connectivity index (χ0v) is 15.1. The van der Waals surface area contributed by atoms with Gasteiger partial charge in [-0.25, -0.2) is 0 Å². The summed E-state index contributed by atoms with van der Waals surface area (Å²) in [7, 11) is 0. The zero-order valence-electron chi connectivity index (χ0n) is 15.1. The molecule has 0 saturated heterocycles. The lowest BCUT2D eigenvalue weighted by Gasteiger charge is -2.28. The first-order chi connectivity index (χ1) is 12.6. The van der Waals surface area contributed by atoms with Gasteiger partial charge in [-0.15, -0.1) is 0 Å². The lowest BCUT2D eigenvalue weighted by Crippen LogP contribution is -2.32. The summed E-state index contributed by atoms with van der Waals surface area (Å²) in [6.07, 6.45) is -0.168. The molecule has 1 amide bonds. The molecule has 3 nitrogen and oxygen atoms in total. The molecule has 1 aliphatic rings. The van der Waals surface area contributed by atoms with Crippen molar-refractivity contribution >= 4 is 11.6 Å². The van der Waals surface area contributed by atoms with Crippen LogP contribution in [0.25, 0.3) is 0 Å². The molecule has 1 aliphatic heterocycles. The number of benzene rings is 3. The minimum Gasteiger partial charge on any atom is -0.361 e. The van der Waals surface area contributed by atoms with E-state index in [1.165, 1.54) is 11.1 Å². The molecule has 0 aromatic heterocycles. The molecule has 26 heavy (non-hydrogen) atoms. The van der Waals surface area contributed by atoms with Crippen molar-refractivity contribution in [3.63, 3.8) is 0 Å². The van der Waals surface area contributed by atoms with E-state index in [2.05, 4.69) is 49.5 Å². The number of hydrogen-bond donors (Lipinski definition) is 1. The van der Waals surface area contributed by atoms with Crippen molar-refractivity contribution in [2.75, 3.05) is 5.32 Å². The molecule has 0 fully saturated rings. The van der Waals surface area contributed by atoms with Gasteiger partial charge < -0.3 is 10.2 Å². The summed E-state index contributed by atoms with van der Waals surface area (Å²) in [5.74, 6) is 0.0770. The Morgan fingerprint density at radius 3 is 2.23 bits per heavy atom. The van der Waals surface area contributed by atoms with Crippen LogP contribution in [0.5, 0.6) is 0 Å². The van der Waals surface area contributed by atoms with E-state index in [0.29, 0.717) is 6.54 Å². The van der Waals surface area contributed by atoms with Gasteiger partial charge in [-0.2, -0.15) is 0 Å².